The van der Waals surface area contributed by atoms with Crippen molar-refractivity contribution in [3.8, 4) is 0 Å². The molecule has 0 aliphatic carbocycles. The molecule has 0 saturated carbocycles. The van der Waals surface area contributed by atoms with Gasteiger partial charge in [0.15, 0.2) is 5.96 Å². The Balaban J connectivity index is 1.49. The quantitative estimate of drug-likeness (QED) is 0.552. The Kier molecular flexibility index (Phi) is 6.66. The van der Waals surface area contributed by atoms with Crippen LogP contribution in [0.4, 0.5) is 0 Å². The molecule has 3 saturated heterocycles. The van der Waals surface area contributed by atoms with Crippen LogP contribution in [0.3, 0.4) is 0 Å². The van der Waals surface area contributed by atoms with E-state index >= 15 is 0 Å². The Morgan fingerprint density at radius 2 is 2.21 bits per heavy atom. The molecule has 0 aromatic heterocycles. The largest absolute Gasteiger partial charge is 0.387 e. The van der Waals surface area contributed by atoms with Crippen LogP contribution in [0, 0.1) is 5.92 Å². The topological polar surface area (TPSA) is 60.3 Å². The molecule has 0 aromatic rings. The second-order valence-electron chi connectivity index (χ2n) is 7.21. The summed E-state index contributed by atoms with van der Waals surface area (Å²) in [5.41, 5.74) is -0.602. The second-order valence-corrected chi connectivity index (χ2v) is 8.32. The van der Waals surface area contributed by atoms with Gasteiger partial charge in [-0.05, 0) is 31.4 Å². The first kappa shape index (κ1) is 18.3. The Bertz CT molecular complexity index is 415. The van der Waals surface area contributed by atoms with Crippen molar-refractivity contribution in [3.63, 3.8) is 0 Å². The number of rotatable bonds is 5. The summed E-state index contributed by atoms with van der Waals surface area (Å²) >= 11 is 1.83. The number of hydrogen-bond acceptors (Lipinski definition) is 5. The summed E-state index contributed by atoms with van der Waals surface area (Å²) in [5, 5.41) is 13.9. The molecule has 3 rings (SSSR count). The monoisotopic (exact) mass is 356 g/mol. The Labute approximate surface area is 150 Å². The van der Waals surface area contributed by atoms with E-state index in [9.17, 15) is 5.11 Å². The summed E-state index contributed by atoms with van der Waals surface area (Å²) in [7, 11) is 0. The van der Waals surface area contributed by atoms with Crippen LogP contribution in [0.1, 0.15) is 19.8 Å². The van der Waals surface area contributed by atoms with Gasteiger partial charge >= 0.3 is 0 Å². The smallest absolute Gasteiger partial charge is 0.194 e. The van der Waals surface area contributed by atoms with Gasteiger partial charge in [-0.15, -0.1) is 0 Å². The van der Waals surface area contributed by atoms with Gasteiger partial charge in [0.05, 0.1) is 18.8 Å². The summed E-state index contributed by atoms with van der Waals surface area (Å²) in [6.45, 7) is 10.7. The third kappa shape index (κ3) is 5.00. The number of aliphatic imine (C=N–C) groups is 1. The predicted molar refractivity (Wildman–Crippen MR) is 99.8 cm³/mol. The number of nitrogens with zero attached hydrogens (tertiary/aromatic N) is 3. The molecular formula is C17H32N4O2S. The van der Waals surface area contributed by atoms with E-state index in [1.165, 1.54) is 13.0 Å². The van der Waals surface area contributed by atoms with Gasteiger partial charge in [0.1, 0.15) is 0 Å². The first-order chi connectivity index (χ1) is 11.7. The van der Waals surface area contributed by atoms with Crippen LogP contribution in [0.5, 0.6) is 0 Å². The molecule has 0 amide bonds. The van der Waals surface area contributed by atoms with Crippen molar-refractivity contribution < 1.29 is 9.84 Å². The average molecular weight is 357 g/mol. The molecule has 0 bridgehead atoms. The lowest BCUT2D eigenvalue weighted by Crippen LogP contribution is -2.53. The lowest BCUT2D eigenvalue weighted by atomic mass is 10.0. The molecule has 24 heavy (non-hydrogen) atoms. The number of ether oxygens (including phenoxy) is 1. The van der Waals surface area contributed by atoms with Gasteiger partial charge in [-0.3, -0.25) is 9.89 Å². The third-order valence-electron chi connectivity index (χ3n) is 5.15. The van der Waals surface area contributed by atoms with Gasteiger partial charge in [0.25, 0.3) is 0 Å². The summed E-state index contributed by atoms with van der Waals surface area (Å²) in [6.07, 6.45) is 2.07. The Morgan fingerprint density at radius 3 is 2.83 bits per heavy atom. The van der Waals surface area contributed by atoms with Gasteiger partial charge < -0.3 is 20.1 Å². The average Bonchev–Trinajstić information content (AvgIpc) is 3.25. The number of guanidine groups is 1. The maximum absolute atomic E-state index is 10.5. The highest BCUT2D eigenvalue weighted by Crippen LogP contribution is 2.28. The van der Waals surface area contributed by atoms with E-state index in [2.05, 4.69) is 22.0 Å². The van der Waals surface area contributed by atoms with Crippen molar-refractivity contribution in [2.24, 2.45) is 10.9 Å². The molecule has 138 valence electrons. The van der Waals surface area contributed by atoms with Crippen LogP contribution in [-0.2, 0) is 4.74 Å². The first-order valence-electron chi connectivity index (χ1n) is 9.32. The summed E-state index contributed by atoms with van der Waals surface area (Å²) in [4.78, 5) is 9.65. The van der Waals surface area contributed by atoms with Crippen molar-refractivity contribution in [1.29, 1.82) is 0 Å². The fraction of sp³-hybridized carbons (Fsp3) is 0.941. The molecule has 0 aromatic carbocycles. The first-order valence-corrected chi connectivity index (χ1v) is 10.5. The van der Waals surface area contributed by atoms with Crippen molar-refractivity contribution in [1.82, 2.24) is 15.1 Å². The standard InChI is InChI=1S/C17H32N4O2S/c1-2-18-16(19-13-17(22)4-10-24-14-17)21-7-5-20(6-8-21)11-15-3-9-23-12-15/h15,22H,2-14H2,1H3,(H,18,19). The summed E-state index contributed by atoms with van der Waals surface area (Å²) in [5.74, 6) is 3.54. The second kappa shape index (κ2) is 8.74. The fourth-order valence-electron chi connectivity index (χ4n) is 3.60. The normalized spacial score (nSPS) is 32.5. The molecule has 2 unspecified atom stereocenters. The maximum Gasteiger partial charge on any atom is 0.194 e. The molecule has 3 aliphatic heterocycles. The minimum atomic E-state index is -0.602. The van der Waals surface area contributed by atoms with Gasteiger partial charge in [-0.2, -0.15) is 11.8 Å². The van der Waals surface area contributed by atoms with Gasteiger partial charge in [-0.25, -0.2) is 0 Å². The zero-order chi connectivity index (χ0) is 16.8. The van der Waals surface area contributed by atoms with E-state index in [1.807, 2.05) is 11.8 Å². The number of nitrogens with one attached hydrogen (secondary N) is 1. The zero-order valence-corrected chi connectivity index (χ0v) is 15.7. The molecule has 2 N–H and O–H groups in total. The van der Waals surface area contributed by atoms with Crippen LogP contribution in [0.25, 0.3) is 0 Å². The fourth-order valence-corrected chi connectivity index (χ4v) is 4.89. The summed E-state index contributed by atoms with van der Waals surface area (Å²) in [6, 6.07) is 0. The highest BCUT2D eigenvalue weighted by atomic mass is 32.2. The number of aliphatic hydroxyl groups is 1. The number of thioether (sulfide) groups is 1. The molecule has 0 spiro atoms. The number of piperazine rings is 1. The Hall–Kier alpha value is -0.500. The van der Waals surface area contributed by atoms with E-state index in [0.29, 0.717) is 12.5 Å². The van der Waals surface area contributed by atoms with Crippen molar-refractivity contribution in [3.05, 3.63) is 0 Å². The van der Waals surface area contributed by atoms with Crippen LogP contribution in [0.15, 0.2) is 4.99 Å². The molecule has 6 nitrogen and oxygen atoms in total. The Morgan fingerprint density at radius 1 is 1.38 bits per heavy atom. The van der Waals surface area contributed by atoms with Crippen molar-refractivity contribution in [2.45, 2.75) is 25.4 Å². The zero-order valence-electron chi connectivity index (χ0n) is 14.9. The molecule has 2 atom stereocenters. The molecule has 3 fully saturated rings. The highest BCUT2D eigenvalue weighted by Gasteiger charge is 2.32. The molecule has 0 radical (unpaired) electrons. The van der Waals surface area contributed by atoms with Gasteiger partial charge in [0, 0.05) is 51.6 Å². The van der Waals surface area contributed by atoms with Crippen molar-refractivity contribution >= 4 is 17.7 Å². The minimum Gasteiger partial charge on any atom is -0.387 e. The van der Waals surface area contributed by atoms with Crippen LogP contribution in [-0.4, -0.2) is 97.0 Å². The van der Waals surface area contributed by atoms with E-state index in [4.69, 9.17) is 9.73 Å². The highest BCUT2D eigenvalue weighted by molar-refractivity contribution is 7.99. The van der Waals surface area contributed by atoms with Crippen LogP contribution >= 0.6 is 11.8 Å². The van der Waals surface area contributed by atoms with Crippen LogP contribution in [0.2, 0.25) is 0 Å². The maximum atomic E-state index is 10.5. The summed E-state index contributed by atoms with van der Waals surface area (Å²) < 4.78 is 5.49. The van der Waals surface area contributed by atoms with Gasteiger partial charge in [-0.1, -0.05) is 0 Å². The molecular weight excluding hydrogens is 324 g/mol. The predicted octanol–water partition coefficient (Wildman–Crippen LogP) is 0.474. The molecule has 3 aliphatic rings. The van der Waals surface area contributed by atoms with Gasteiger partial charge in [0.2, 0.25) is 0 Å². The third-order valence-corrected chi connectivity index (χ3v) is 6.39. The molecule has 3 heterocycles. The minimum absolute atomic E-state index is 0.516. The van der Waals surface area contributed by atoms with Crippen molar-refractivity contribution in [2.75, 3.05) is 70.5 Å². The van der Waals surface area contributed by atoms with E-state index in [1.54, 1.807) is 0 Å². The number of hydrogen-bond donors (Lipinski definition) is 2. The lowest BCUT2D eigenvalue weighted by molar-refractivity contribution is 0.0772. The van der Waals surface area contributed by atoms with E-state index in [0.717, 1.165) is 69.8 Å². The van der Waals surface area contributed by atoms with E-state index < -0.39 is 5.60 Å². The van der Waals surface area contributed by atoms with E-state index in [-0.39, 0.29) is 0 Å². The molecule has 7 heteroatoms. The lowest BCUT2D eigenvalue weighted by Gasteiger charge is -2.37. The van der Waals surface area contributed by atoms with Crippen LogP contribution < -0.4 is 5.32 Å². The SMILES string of the molecule is CCNC(=NCC1(O)CCSC1)N1CCN(CC2CCOC2)CC1.